The Balaban J connectivity index is 4.10. The molecule has 0 aliphatic carbocycles. The molecule has 0 bridgehead atoms. The first-order chi connectivity index (χ1) is 7.51. The molecule has 0 radical (unpaired) electrons. The van der Waals surface area contributed by atoms with Crippen LogP contribution in [0.3, 0.4) is 0 Å². The Kier molecular flexibility index (Phi) is 6.77. The van der Waals surface area contributed by atoms with E-state index in [1.807, 2.05) is 6.92 Å². The molecule has 0 saturated heterocycles. The maximum Gasteiger partial charge on any atom is 0.326 e. The van der Waals surface area contributed by atoms with E-state index in [0.29, 0.717) is 19.3 Å². The lowest BCUT2D eigenvalue weighted by molar-refractivity contribution is -0.139. The predicted octanol–water partition coefficient (Wildman–Crippen LogP) is 0.951. The molecule has 0 fully saturated rings. The van der Waals surface area contributed by atoms with Crippen LogP contribution in [0.25, 0.3) is 0 Å². The topological polar surface area (TPSA) is 78.4 Å². The highest BCUT2D eigenvalue weighted by molar-refractivity contribution is 5.82. The minimum absolute atomic E-state index is 0.166. The lowest BCUT2D eigenvalue weighted by Crippen LogP contribution is -2.48. The van der Waals surface area contributed by atoms with Gasteiger partial charge in [0.05, 0.1) is 0 Å². The maximum absolute atomic E-state index is 11.4. The molecule has 5 heteroatoms. The lowest BCUT2D eigenvalue weighted by Gasteiger charge is -2.16. The van der Waals surface area contributed by atoms with Crippen LogP contribution < -0.4 is 10.6 Å². The molecule has 0 heterocycles. The van der Waals surface area contributed by atoms with E-state index in [4.69, 9.17) is 11.5 Å². The summed E-state index contributed by atoms with van der Waals surface area (Å²) in [5.74, 6) is 1.39. The number of rotatable bonds is 6. The molecule has 0 saturated carbocycles. The van der Waals surface area contributed by atoms with Crippen LogP contribution in [0.2, 0.25) is 0 Å². The van der Waals surface area contributed by atoms with Gasteiger partial charge < -0.3 is 15.7 Å². The van der Waals surface area contributed by atoms with Crippen molar-refractivity contribution in [3.05, 3.63) is 0 Å². The van der Waals surface area contributed by atoms with Gasteiger partial charge in [0, 0.05) is 12.5 Å². The molecule has 1 unspecified atom stereocenters. The second kappa shape index (κ2) is 7.57. The van der Waals surface area contributed by atoms with E-state index in [-0.39, 0.29) is 6.04 Å². The van der Waals surface area contributed by atoms with Gasteiger partial charge in [0.25, 0.3) is 0 Å². The number of hydrogen-bond donors (Lipinski definition) is 3. The summed E-state index contributed by atoms with van der Waals surface area (Å²) >= 11 is 0. The second-order valence-electron chi connectivity index (χ2n) is 3.61. The zero-order valence-corrected chi connectivity index (χ0v) is 9.62. The van der Waals surface area contributed by atoms with E-state index in [1.165, 1.54) is 0 Å². The fourth-order valence-electron chi connectivity index (χ4n) is 1.20. The molecule has 0 spiro atoms. The van der Waals surface area contributed by atoms with Crippen LogP contribution in [-0.2, 0) is 4.79 Å². The summed E-state index contributed by atoms with van der Waals surface area (Å²) in [5, 5.41) is 13.8. The van der Waals surface area contributed by atoms with Crippen molar-refractivity contribution in [3.63, 3.8) is 0 Å². The fraction of sp³-hybridized carbons (Fsp3) is 0.636. The molecule has 2 amide bonds. The van der Waals surface area contributed by atoms with Crippen LogP contribution in [0.15, 0.2) is 0 Å². The Morgan fingerprint density at radius 3 is 2.50 bits per heavy atom. The second-order valence-corrected chi connectivity index (χ2v) is 3.61. The molecule has 0 rings (SSSR count). The first-order valence-electron chi connectivity index (χ1n) is 5.24. The molecule has 0 aliphatic heterocycles. The summed E-state index contributed by atoms with van der Waals surface area (Å²) in [6, 6.07) is -1.51. The normalized spacial score (nSPS) is 13.3. The molecule has 0 aliphatic rings. The van der Waals surface area contributed by atoms with Gasteiger partial charge in [-0.05, 0) is 13.3 Å². The monoisotopic (exact) mass is 226 g/mol. The molecule has 0 aromatic carbocycles. The summed E-state index contributed by atoms with van der Waals surface area (Å²) in [6.07, 6.45) is 6.60. The van der Waals surface area contributed by atoms with Crippen LogP contribution in [0.4, 0.5) is 4.79 Å². The van der Waals surface area contributed by atoms with Crippen LogP contribution in [0.1, 0.15) is 33.1 Å². The van der Waals surface area contributed by atoms with Crippen molar-refractivity contribution in [1.29, 1.82) is 0 Å². The predicted molar refractivity (Wildman–Crippen MR) is 60.9 cm³/mol. The number of carbonyl (C=O) groups excluding carboxylic acids is 1. The van der Waals surface area contributed by atoms with Crippen LogP contribution in [-0.4, -0.2) is 29.2 Å². The number of carboxylic acids is 1. The fourth-order valence-corrected chi connectivity index (χ4v) is 1.20. The third-order valence-corrected chi connectivity index (χ3v) is 1.98. The Bertz CT molecular complexity index is 283. The maximum atomic E-state index is 11.4. The first-order valence-corrected chi connectivity index (χ1v) is 5.24. The molecule has 3 N–H and O–H groups in total. The summed E-state index contributed by atoms with van der Waals surface area (Å²) in [6.45, 7) is 3.62. The summed E-state index contributed by atoms with van der Waals surface area (Å²) < 4.78 is 0. The SMILES string of the molecule is C#CCC(C)NC(=O)N[C@H](CCC)C(=O)O. The largest absolute Gasteiger partial charge is 0.480 e. The molecule has 2 atom stereocenters. The highest BCUT2D eigenvalue weighted by Gasteiger charge is 2.19. The Morgan fingerprint density at radius 1 is 1.44 bits per heavy atom. The smallest absolute Gasteiger partial charge is 0.326 e. The minimum atomic E-state index is -1.03. The van der Waals surface area contributed by atoms with Gasteiger partial charge in [-0.2, -0.15) is 0 Å². The van der Waals surface area contributed by atoms with Crippen molar-refractivity contribution < 1.29 is 14.7 Å². The number of amides is 2. The number of hydrogen-bond acceptors (Lipinski definition) is 2. The van der Waals surface area contributed by atoms with Crippen molar-refractivity contribution in [2.45, 2.75) is 45.2 Å². The van der Waals surface area contributed by atoms with Gasteiger partial charge in [0.2, 0.25) is 0 Å². The number of aliphatic carboxylic acids is 1. The van der Waals surface area contributed by atoms with E-state index in [2.05, 4.69) is 16.6 Å². The van der Waals surface area contributed by atoms with Gasteiger partial charge in [0.15, 0.2) is 0 Å². The van der Waals surface area contributed by atoms with Crippen molar-refractivity contribution >= 4 is 12.0 Å². The zero-order valence-electron chi connectivity index (χ0n) is 9.62. The molecular formula is C11H18N2O3. The zero-order chi connectivity index (χ0) is 12.6. The standard InChI is InChI=1S/C11H18N2O3/c1-4-6-8(3)12-11(16)13-9(7-5-2)10(14)15/h1,8-9H,5-7H2,2-3H3,(H,14,15)(H2,12,13,16)/t8?,9-/m1/s1. The molecule has 0 aromatic rings. The highest BCUT2D eigenvalue weighted by atomic mass is 16.4. The lowest BCUT2D eigenvalue weighted by atomic mass is 10.2. The van der Waals surface area contributed by atoms with Crippen molar-refractivity contribution in [3.8, 4) is 12.3 Å². The molecule has 5 nitrogen and oxygen atoms in total. The Hall–Kier alpha value is -1.70. The number of nitrogens with one attached hydrogen (secondary N) is 2. The summed E-state index contributed by atoms with van der Waals surface area (Å²) in [7, 11) is 0. The third-order valence-electron chi connectivity index (χ3n) is 1.98. The number of carbonyl (C=O) groups is 2. The van der Waals surface area contributed by atoms with Crippen molar-refractivity contribution in [1.82, 2.24) is 10.6 Å². The van der Waals surface area contributed by atoms with E-state index in [1.54, 1.807) is 6.92 Å². The van der Waals surface area contributed by atoms with Crippen LogP contribution >= 0.6 is 0 Å². The van der Waals surface area contributed by atoms with E-state index < -0.39 is 18.0 Å². The Labute approximate surface area is 95.6 Å². The highest BCUT2D eigenvalue weighted by Crippen LogP contribution is 1.97. The van der Waals surface area contributed by atoms with E-state index in [0.717, 1.165) is 0 Å². The van der Waals surface area contributed by atoms with Crippen molar-refractivity contribution in [2.75, 3.05) is 0 Å². The van der Waals surface area contributed by atoms with Crippen LogP contribution in [0, 0.1) is 12.3 Å². The van der Waals surface area contributed by atoms with Gasteiger partial charge in [0.1, 0.15) is 6.04 Å². The third kappa shape index (κ3) is 5.91. The molecule has 90 valence electrons. The molecule has 0 aromatic heterocycles. The van der Waals surface area contributed by atoms with Gasteiger partial charge >= 0.3 is 12.0 Å². The number of carboxylic acid groups (broad SMARTS) is 1. The Morgan fingerprint density at radius 2 is 2.06 bits per heavy atom. The number of terminal acetylenes is 1. The van der Waals surface area contributed by atoms with Gasteiger partial charge in [-0.1, -0.05) is 13.3 Å². The quantitative estimate of drug-likeness (QED) is 0.590. The summed E-state index contributed by atoms with van der Waals surface area (Å²) in [5.41, 5.74) is 0. The van der Waals surface area contributed by atoms with Gasteiger partial charge in [-0.3, -0.25) is 0 Å². The summed E-state index contributed by atoms with van der Waals surface area (Å²) in [4.78, 5) is 22.1. The van der Waals surface area contributed by atoms with Crippen LogP contribution in [0.5, 0.6) is 0 Å². The van der Waals surface area contributed by atoms with E-state index >= 15 is 0 Å². The minimum Gasteiger partial charge on any atom is -0.480 e. The molecular weight excluding hydrogens is 208 g/mol. The van der Waals surface area contributed by atoms with Gasteiger partial charge in [-0.15, -0.1) is 12.3 Å². The first kappa shape index (κ1) is 14.3. The van der Waals surface area contributed by atoms with Crippen molar-refractivity contribution in [2.24, 2.45) is 0 Å². The van der Waals surface area contributed by atoms with Gasteiger partial charge in [-0.25, -0.2) is 9.59 Å². The van der Waals surface area contributed by atoms with E-state index in [9.17, 15) is 9.59 Å². The number of urea groups is 1. The average molecular weight is 226 g/mol. The molecule has 16 heavy (non-hydrogen) atoms. The average Bonchev–Trinajstić information content (AvgIpc) is 2.16.